The van der Waals surface area contributed by atoms with E-state index in [0.717, 1.165) is 29.4 Å². The van der Waals surface area contributed by atoms with Crippen molar-refractivity contribution in [2.24, 2.45) is 10.9 Å². The molecule has 0 heterocycles. The van der Waals surface area contributed by atoms with Crippen LogP contribution in [0.5, 0.6) is 5.75 Å². The van der Waals surface area contributed by atoms with Crippen molar-refractivity contribution in [1.82, 2.24) is 15.5 Å². The van der Waals surface area contributed by atoms with E-state index in [0.29, 0.717) is 31.2 Å². The van der Waals surface area contributed by atoms with E-state index in [1.54, 1.807) is 13.1 Å². The number of ether oxygens (including phenoxy) is 1. The maximum absolute atomic E-state index is 14.0. The Morgan fingerprint density at radius 1 is 1.10 bits per heavy atom. The van der Waals surface area contributed by atoms with E-state index >= 15 is 0 Å². The first-order valence-electron chi connectivity index (χ1n) is 10.1. The van der Waals surface area contributed by atoms with Gasteiger partial charge in [-0.15, -0.1) is 0 Å². The first kappa shape index (κ1) is 21.1. The van der Waals surface area contributed by atoms with Crippen LogP contribution in [0.4, 0.5) is 4.39 Å². The van der Waals surface area contributed by atoms with Crippen molar-refractivity contribution in [1.29, 1.82) is 0 Å². The Labute approximate surface area is 173 Å². The van der Waals surface area contributed by atoms with Gasteiger partial charge in [-0.05, 0) is 56.6 Å². The minimum atomic E-state index is -0.173. The van der Waals surface area contributed by atoms with Crippen molar-refractivity contribution in [3.63, 3.8) is 0 Å². The first-order valence-corrected chi connectivity index (χ1v) is 10.1. The number of nitrogens with zero attached hydrogens (tertiary/aromatic N) is 2. The fourth-order valence-electron chi connectivity index (χ4n) is 3.07. The average Bonchev–Trinajstić information content (AvgIpc) is 3.53. The standard InChI is InChI=1S/C23H31FN4O/c1-25-23(26-13-18-10-11-21(24)20(12-18)15-28(2)3)27-14-19-6-4-5-7-22(19)29-16-17-8-9-17/h4-7,10-12,17H,8-9,13-16H2,1-3H3,(H2,25,26,27). The molecule has 0 bridgehead atoms. The molecule has 6 heteroatoms. The van der Waals surface area contributed by atoms with Crippen molar-refractivity contribution in [2.45, 2.75) is 32.5 Å². The Morgan fingerprint density at radius 3 is 2.59 bits per heavy atom. The number of para-hydroxylation sites is 1. The van der Waals surface area contributed by atoms with Gasteiger partial charge >= 0.3 is 0 Å². The number of hydrogen-bond acceptors (Lipinski definition) is 3. The molecule has 0 radical (unpaired) electrons. The van der Waals surface area contributed by atoms with Gasteiger partial charge in [0.1, 0.15) is 11.6 Å². The molecule has 1 aliphatic carbocycles. The fraction of sp³-hybridized carbons (Fsp3) is 0.435. The van der Waals surface area contributed by atoms with Gasteiger partial charge in [-0.25, -0.2) is 4.39 Å². The van der Waals surface area contributed by atoms with E-state index in [9.17, 15) is 4.39 Å². The molecule has 0 spiro atoms. The van der Waals surface area contributed by atoms with Crippen LogP contribution in [0, 0.1) is 11.7 Å². The van der Waals surface area contributed by atoms with Gasteiger partial charge in [0.15, 0.2) is 5.96 Å². The van der Waals surface area contributed by atoms with E-state index in [1.165, 1.54) is 18.9 Å². The van der Waals surface area contributed by atoms with E-state index in [4.69, 9.17) is 4.74 Å². The predicted octanol–water partition coefficient (Wildman–Crippen LogP) is 3.54. The van der Waals surface area contributed by atoms with Crippen LogP contribution < -0.4 is 15.4 Å². The number of guanidine groups is 1. The number of hydrogen-bond donors (Lipinski definition) is 2. The third kappa shape index (κ3) is 6.75. The smallest absolute Gasteiger partial charge is 0.191 e. The summed E-state index contributed by atoms with van der Waals surface area (Å²) in [6.07, 6.45) is 2.55. The van der Waals surface area contributed by atoms with Gasteiger partial charge in [-0.2, -0.15) is 0 Å². The highest BCUT2D eigenvalue weighted by Gasteiger charge is 2.22. The van der Waals surface area contributed by atoms with Crippen LogP contribution in [0.1, 0.15) is 29.5 Å². The Balaban J connectivity index is 1.54. The van der Waals surface area contributed by atoms with Crippen molar-refractivity contribution in [2.75, 3.05) is 27.7 Å². The summed E-state index contributed by atoms with van der Waals surface area (Å²) in [6.45, 7) is 2.56. The molecule has 1 saturated carbocycles. The second-order valence-corrected chi connectivity index (χ2v) is 7.80. The van der Waals surface area contributed by atoms with Crippen LogP contribution in [0.3, 0.4) is 0 Å². The van der Waals surface area contributed by atoms with E-state index in [-0.39, 0.29) is 5.82 Å². The second kappa shape index (κ2) is 10.3. The Bertz CT molecular complexity index is 833. The normalized spacial score (nSPS) is 14.2. The van der Waals surface area contributed by atoms with Crippen LogP contribution in [0.25, 0.3) is 0 Å². The lowest BCUT2D eigenvalue weighted by Gasteiger charge is -2.16. The number of benzene rings is 2. The predicted molar refractivity (Wildman–Crippen MR) is 115 cm³/mol. The molecule has 156 valence electrons. The van der Waals surface area contributed by atoms with Crippen LogP contribution in [-0.2, 0) is 19.6 Å². The van der Waals surface area contributed by atoms with Gasteiger partial charge in [-0.1, -0.05) is 24.3 Å². The maximum Gasteiger partial charge on any atom is 0.191 e. The quantitative estimate of drug-likeness (QED) is 0.501. The fourth-order valence-corrected chi connectivity index (χ4v) is 3.07. The Morgan fingerprint density at radius 2 is 1.86 bits per heavy atom. The van der Waals surface area contributed by atoms with E-state index < -0.39 is 0 Å². The van der Waals surface area contributed by atoms with Crippen molar-refractivity contribution in [3.8, 4) is 5.75 Å². The summed E-state index contributed by atoms with van der Waals surface area (Å²) >= 11 is 0. The number of aliphatic imine (C=N–C) groups is 1. The molecule has 1 aliphatic rings. The number of rotatable bonds is 9. The molecule has 2 aromatic carbocycles. The molecule has 0 saturated heterocycles. The highest BCUT2D eigenvalue weighted by molar-refractivity contribution is 5.79. The van der Waals surface area contributed by atoms with Gasteiger partial charge in [0.2, 0.25) is 0 Å². The molecule has 5 nitrogen and oxygen atoms in total. The average molecular weight is 399 g/mol. The second-order valence-electron chi connectivity index (χ2n) is 7.80. The summed E-state index contributed by atoms with van der Waals surface area (Å²) in [5, 5.41) is 6.63. The zero-order valence-electron chi connectivity index (χ0n) is 17.5. The zero-order chi connectivity index (χ0) is 20.6. The van der Waals surface area contributed by atoms with Gasteiger partial charge in [0, 0.05) is 37.8 Å². The minimum Gasteiger partial charge on any atom is -0.493 e. The number of halogens is 1. The lowest BCUT2D eigenvalue weighted by molar-refractivity contribution is 0.296. The van der Waals surface area contributed by atoms with Gasteiger partial charge in [0.05, 0.1) is 6.61 Å². The third-order valence-electron chi connectivity index (χ3n) is 4.87. The molecule has 2 aromatic rings. The largest absolute Gasteiger partial charge is 0.493 e. The molecule has 2 N–H and O–H groups in total. The molecule has 29 heavy (non-hydrogen) atoms. The molecule has 0 atom stereocenters. The van der Waals surface area contributed by atoms with Crippen molar-refractivity contribution < 1.29 is 9.13 Å². The Hall–Kier alpha value is -2.60. The molecule has 0 amide bonds. The first-order chi connectivity index (χ1) is 14.0. The van der Waals surface area contributed by atoms with E-state index in [1.807, 2.05) is 43.3 Å². The summed E-state index contributed by atoms with van der Waals surface area (Å²) in [4.78, 5) is 6.25. The summed E-state index contributed by atoms with van der Waals surface area (Å²) < 4.78 is 19.9. The lowest BCUT2D eigenvalue weighted by Crippen LogP contribution is -2.36. The van der Waals surface area contributed by atoms with Gasteiger partial charge in [0.25, 0.3) is 0 Å². The summed E-state index contributed by atoms with van der Waals surface area (Å²) in [5.74, 6) is 2.17. The molecule has 0 unspecified atom stereocenters. The molecular formula is C23H31FN4O. The SMILES string of the molecule is CN=C(NCc1ccc(F)c(CN(C)C)c1)NCc1ccccc1OCC1CC1. The zero-order valence-corrected chi connectivity index (χ0v) is 17.5. The van der Waals surface area contributed by atoms with Crippen LogP contribution in [0.2, 0.25) is 0 Å². The van der Waals surface area contributed by atoms with Crippen LogP contribution >= 0.6 is 0 Å². The van der Waals surface area contributed by atoms with Crippen molar-refractivity contribution >= 4 is 5.96 Å². The summed E-state index contributed by atoms with van der Waals surface area (Å²) in [7, 11) is 5.61. The van der Waals surface area contributed by atoms with Crippen LogP contribution in [0.15, 0.2) is 47.5 Å². The van der Waals surface area contributed by atoms with Crippen molar-refractivity contribution in [3.05, 3.63) is 65.0 Å². The molecule has 0 aliphatic heterocycles. The summed E-state index contributed by atoms with van der Waals surface area (Å²) in [5.41, 5.74) is 2.81. The highest BCUT2D eigenvalue weighted by Crippen LogP contribution is 2.30. The van der Waals surface area contributed by atoms with E-state index in [2.05, 4.69) is 21.7 Å². The molecular weight excluding hydrogens is 367 g/mol. The van der Waals surface area contributed by atoms with Gasteiger partial charge < -0.3 is 20.3 Å². The molecule has 3 rings (SSSR count). The highest BCUT2D eigenvalue weighted by atomic mass is 19.1. The maximum atomic E-state index is 14.0. The Kier molecular flexibility index (Phi) is 7.47. The minimum absolute atomic E-state index is 0.173. The molecule has 0 aromatic heterocycles. The molecule has 1 fully saturated rings. The lowest BCUT2D eigenvalue weighted by atomic mass is 10.1. The third-order valence-corrected chi connectivity index (χ3v) is 4.87. The monoisotopic (exact) mass is 398 g/mol. The number of nitrogens with one attached hydrogen (secondary N) is 2. The topological polar surface area (TPSA) is 48.9 Å². The summed E-state index contributed by atoms with van der Waals surface area (Å²) in [6, 6.07) is 13.3. The van der Waals surface area contributed by atoms with Crippen LogP contribution in [-0.4, -0.2) is 38.6 Å². The van der Waals surface area contributed by atoms with Gasteiger partial charge in [-0.3, -0.25) is 4.99 Å².